The number of carbonyl (C=O) groups is 3. The fraction of sp³-hybridized carbons (Fsp3) is 0.312. The number of aliphatic carboxylic acids is 1. The van der Waals surface area contributed by atoms with Gasteiger partial charge >= 0.3 is 5.97 Å². The van der Waals surface area contributed by atoms with Crippen molar-refractivity contribution < 1.29 is 28.6 Å². The maximum atomic E-state index is 14.6. The van der Waals surface area contributed by atoms with Gasteiger partial charge in [0, 0.05) is 12.0 Å². The molecule has 0 unspecified atom stereocenters. The number of hydrogen-bond donors (Lipinski definition) is 2. The third-order valence-corrected chi connectivity index (χ3v) is 7.59. The molecule has 1 heterocycles. The molecule has 2 aliphatic rings. The van der Waals surface area contributed by atoms with E-state index < -0.39 is 17.7 Å². The number of hydrazone groups is 1. The van der Waals surface area contributed by atoms with Crippen molar-refractivity contribution in [2.45, 2.75) is 51.0 Å². The maximum absolute atomic E-state index is 14.6. The molecule has 3 aromatic rings. The standard InChI is InChI=1S/C32H32FN3O5/c33-26-16-12-21(13-17-29(38)39)18-27(26)34-31(40)30(23-6-4-5-7-23)24-14-10-22(11-15-24)19-36-28(37)20-41-32(35-36)25-8-2-1-3-9-25/h1-3,8-12,14-16,18,23,30H,4-7,13,17,19-20H2,(H,34,40)(H,38,39)/t30-/m0/s1. The summed E-state index contributed by atoms with van der Waals surface area (Å²) in [5.74, 6) is -2.00. The quantitative estimate of drug-likeness (QED) is 0.343. The topological polar surface area (TPSA) is 108 Å². The van der Waals surface area contributed by atoms with Crippen molar-refractivity contribution in [3.8, 4) is 0 Å². The zero-order valence-electron chi connectivity index (χ0n) is 22.6. The fourth-order valence-corrected chi connectivity index (χ4v) is 5.46. The van der Waals surface area contributed by atoms with Gasteiger partial charge in [-0.3, -0.25) is 14.4 Å². The van der Waals surface area contributed by atoms with Crippen molar-refractivity contribution in [1.29, 1.82) is 0 Å². The molecule has 8 nitrogen and oxygen atoms in total. The first kappa shape index (κ1) is 28.0. The van der Waals surface area contributed by atoms with Crippen LogP contribution in [-0.2, 0) is 32.1 Å². The van der Waals surface area contributed by atoms with Gasteiger partial charge in [0.25, 0.3) is 5.91 Å². The van der Waals surface area contributed by atoms with Gasteiger partial charge < -0.3 is 15.2 Å². The highest BCUT2D eigenvalue weighted by Gasteiger charge is 2.32. The molecule has 1 saturated carbocycles. The van der Waals surface area contributed by atoms with Crippen LogP contribution in [0.1, 0.15) is 60.3 Å². The van der Waals surface area contributed by atoms with E-state index in [1.54, 1.807) is 0 Å². The molecule has 0 radical (unpaired) electrons. The largest absolute Gasteiger partial charge is 0.481 e. The molecule has 5 rings (SSSR count). The molecule has 9 heteroatoms. The number of ether oxygens (including phenoxy) is 1. The molecule has 1 aliphatic heterocycles. The van der Waals surface area contributed by atoms with E-state index in [4.69, 9.17) is 9.84 Å². The summed E-state index contributed by atoms with van der Waals surface area (Å²) < 4.78 is 20.2. The highest BCUT2D eigenvalue weighted by molar-refractivity contribution is 5.98. The van der Waals surface area contributed by atoms with E-state index in [-0.39, 0.29) is 49.4 Å². The third kappa shape index (κ3) is 6.98. The Bertz CT molecular complexity index is 1440. The van der Waals surface area contributed by atoms with Gasteiger partial charge in [0.15, 0.2) is 6.61 Å². The molecule has 41 heavy (non-hydrogen) atoms. The van der Waals surface area contributed by atoms with Crippen LogP contribution in [0.15, 0.2) is 77.9 Å². The summed E-state index contributed by atoms with van der Waals surface area (Å²) in [5, 5.41) is 17.5. The Morgan fingerprint density at radius 3 is 2.44 bits per heavy atom. The number of hydrogen-bond acceptors (Lipinski definition) is 5. The molecule has 1 fully saturated rings. The molecule has 0 saturated heterocycles. The van der Waals surface area contributed by atoms with Gasteiger partial charge in [0.1, 0.15) is 5.82 Å². The summed E-state index contributed by atoms with van der Waals surface area (Å²) in [7, 11) is 0. The van der Waals surface area contributed by atoms with Crippen molar-refractivity contribution in [1.82, 2.24) is 5.01 Å². The predicted molar refractivity (Wildman–Crippen MR) is 152 cm³/mol. The number of rotatable bonds is 10. The van der Waals surface area contributed by atoms with Crippen molar-refractivity contribution in [3.63, 3.8) is 0 Å². The lowest BCUT2D eigenvalue weighted by Gasteiger charge is -2.25. The number of carboxylic acid groups (broad SMARTS) is 1. The molecular weight excluding hydrogens is 525 g/mol. The second-order valence-electron chi connectivity index (χ2n) is 10.5. The van der Waals surface area contributed by atoms with Crippen LogP contribution in [-0.4, -0.2) is 40.4 Å². The Kier molecular flexibility index (Phi) is 8.72. The van der Waals surface area contributed by atoms with Gasteiger partial charge in [0.05, 0.1) is 18.2 Å². The minimum atomic E-state index is -0.939. The number of benzene rings is 3. The zero-order valence-corrected chi connectivity index (χ0v) is 22.6. The number of carboxylic acids is 1. The van der Waals surface area contributed by atoms with Crippen LogP contribution in [0.4, 0.5) is 10.1 Å². The minimum absolute atomic E-state index is 0.0513. The van der Waals surface area contributed by atoms with E-state index in [1.165, 1.54) is 23.2 Å². The van der Waals surface area contributed by atoms with Crippen molar-refractivity contribution in [3.05, 3.63) is 101 Å². The summed E-state index contributed by atoms with van der Waals surface area (Å²) in [4.78, 5) is 37.0. The highest BCUT2D eigenvalue weighted by atomic mass is 19.1. The third-order valence-electron chi connectivity index (χ3n) is 7.59. The van der Waals surface area contributed by atoms with Crippen LogP contribution in [0.25, 0.3) is 0 Å². The Labute approximate surface area is 237 Å². The Morgan fingerprint density at radius 2 is 1.73 bits per heavy atom. The van der Waals surface area contributed by atoms with Crippen LogP contribution in [0, 0.1) is 11.7 Å². The molecule has 2 amide bonds. The Balaban J connectivity index is 1.33. The van der Waals surface area contributed by atoms with E-state index in [0.29, 0.717) is 11.5 Å². The first-order valence-electron chi connectivity index (χ1n) is 13.8. The van der Waals surface area contributed by atoms with E-state index in [0.717, 1.165) is 42.4 Å². The molecule has 0 bridgehead atoms. The molecule has 3 aromatic carbocycles. The average Bonchev–Trinajstić information content (AvgIpc) is 3.50. The monoisotopic (exact) mass is 557 g/mol. The van der Waals surface area contributed by atoms with Crippen LogP contribution in [0.3, 0.4) is 0 Å². The summed E-state index contributed by atoms with van der Waals surface area (Å²) in [6.45, 7) is 0.164. The smallest absolute Gasteiger partial charge is 0.303 e. The summed E-state index contributed by atoms with van der Waals surface area (Å²) in [5.41, 5.74) is 3.15. The molecule has 1 aliphatic carbocycles. The maximum Gasteiger partial charge on any atom is 0.303 e. The number of nitrogens with one attached hydrogen (secondary N) is 1. The van der Waals surface area contributed by atoms with Gasteiger partial charge in [0.2, 0.25) is 11.8 Å². The van der Waals surface area contributed by atoms with Crippen molar-refractivity contribution in [2.75, 3.05) is 11.9 Å². The summed E-state index contributed by atoms with van der Waals surface area (Å²) in [6, 6.07) is 21.2. The van der Waals surface area contributed by atoms with E-state index in [2.05, 4.69) is 10.4 Å². The van der Waals surface area contributed by atoms with Gasteiger partial charge in [-0.1, -0.05) is 61.4 Å². The number of aryl methyl sites for hydroxylation is 1. The van der Waals surface area contributed by atoms with E-state index >= 15 is 0 Å². The minimum Gasteiger partial charge on any atom is -0.481 e. The molecular formula is C32H32FN3O5. The fourth-order valence-electron chi connectivity index (χ4n) is 5.46. The number of anilines is 1. The second kappa shape index (κ2) is 12.8. The zero-order chi connectivity index (χ0) is 28.8. The molecule has 212 valence electrons. The lowest BCUT2D eigenvalue weighted by molar-refractivity contribution is -0.137. The molecule has 1 atom stereocenters. The normalized spacial score (nSPS) is 16.2. The SMILES string of the molecule is O=C(O)CCc1ccc(F)c(NC(=O)[C@H](c2ccc(CN3N=C(c4ccccc4)OCC3=O)cc2)C2CCCC2)c1. The van der Waals surface area contributed by atoms with Crippen LogP contribution >= 0.6 is 0 Å². The number of amides is 2. The summed E-state index contributed by atoms with van der Waals surface area (Å²) >= 11 is 0. The van der Waals surface area contributed by atoms with Crippen molar-refractivity contribution >= 4 is 29.4 Å². The van der Waals surface area contributed by atoms with E-state index in [9.17, 15) is 18.8 Å². The second-order valence-corrected chi connectivity index (χ2v) is 10.5. The molecule has 0 spiro atoms. The van der Waals surface area contributed by atoms with E-state index in [1.807, 2.05) is 54.6 Å². The van der Waals surface area contributed by atoms with Crippen LogP contribution < -0.4 is 5.32 Å². The number of halogens is 1. The highest BCUT2D eigenvalue weighted by Crippen LogP contribution is 2.38. The predicted octanol–water partition coefficient (Wildman–Crippen LogP) is 5.48. The van der Waals surface area contributed by atoms with Gasteiger partial charge in [-0.2, -0.15) is 0 Å². The van der Waals surface area contributed by atoms with Crippen LogP contribution in [0.2, 0.25) is 0 Å². The Hall–Kier alpha value is -4.53. The summed E-state index contributed by atoms with van der Waals surface area (Å²) in [6.07, 6.45) is 4.04. The van der Waals surface area contributed by atoms with Crippen LogP contribution in [0.5, 0.6) is 0 Å². The molecule has 0 aromatic heterocycles. The lowest BCUT2D eigenvalue weighted by atomic mass is 9.83. The van der Waals surface area contributed by atoms with Gasteiger partial charge in [-0.25, -0.2) is 9.40 Å². The Morgan fingerprint density at radius 1 is 1.02 bits per heavy atom. The first-order valence-corrected chi connectivity index (χ1v) is 13.8. The van der Waals surface area contributed by atoms with Crippen molar-refractivity contribution in [2.24, 2.45) is 11.0 Å². The molecule has 2 N–H and O–H groups in total. The van der Waals surface area contributed by atoms with Gasteiger partial charge in [-0.05, 0) is 66.1 Å². The number of nitrogens with zero attached hydrogens (tertiary/aromatic N) is 2. The lowest BCUT2D eigenvalue weighted by Crippen LogP contribution is -2.36. The first-order chi connectivity index (χ1) is 19.9. The van der Waals surface area contributed by atoms with Gasteiger partial charge in [-0.15, -0.1) is 5.10 Å². The number of carbonyl (C=O) groups excluding carboxylic acids is 2. The average molecular weight is 558 g/mol.